The first kappa shape index (κ1) is 18.3. The number of benzene rings is 6. The van der Waals surface area contributed by atoms with Crippen LogP contribution in [0.3, 0.4) is 0 Å². The summed E-state index contributed by atoms with van der Waals surface area (Å²) in [6, 6.07) is 36.1. The van der Waals surface area contributed by atoms with Crippen LogP contribution in [0.5, 0.6) is 0 Å². The Hall–Kier alpha value is -4.10. The molecule has 0 fully saturated rings. The number of nitrogens with one attached hydrogen (secondary N) is 1. The predicted molar refractivity (Wildman–Crippen MR) is 146 cm³/mol. The Balaban J connectivity index is 1.61. The van der Waals surface area contributed by atoms with E-state index in [1.54, 1.807) is 0 Å². The lowest BCUT2D eigenvalue weighted by molar-refractivity contribution is 0.661. The number of hydrogen-bond donors (Lipinski definition) is 1. The molecule has 0 saturated carbocycles. The molecule has 0 atom stereocenters. The van der Waals surface area contributed by atoms with Gasteiger partial charge in [0.05, 0.1) is 0 Å². The van der Waals surface area contributed by atoms with Gasteiger partial charge < -0.3 is 4.98 Å². The van der Waals surface area contributed by atoms with Gasteiger partial charge in [0, 0.05) is 27.2 Å². The molecule has 0 amide bonds. The van der Waals surface area contributed by atoms with Crippen molar-refractivity contribution in [1.29, 1.82) is 0 Å². The summed E-state index contributed by atoms with van der Waals surface area (Å²) in [5, 5.41) is 10.6. The average Bonchev–Trinajstić information content (AvgIpc) is 3.34. The Morgan fingerprint density at radius 2 is 1.06 bits per heavy atom. The van der Waals surface area contributed by atoms with Crippen LogP contribution in [0.15, 0.2) is 97.1 Å². The first-order chi connectivity index (χ1) is 16.6. The fourth-order valence-corrected chi connectivity index (χ4v) is 6.49. The summed E-state index contributed by atoms with van der Waals surface area (Å²) in [6.07, 6.45) is 0. The Labute approximate surface area is 197 Å². The average molecular weight is 434 g/mol. The molecule has 1 nitrogen and oxygen atoms in total. The number of para-hydroxylation sites is 1. The summed E-state index contributed by atoms with van der Waals surface area (Å²) in [5.74, 6) is 0. The predicted octanol–water partition coefficient (Wildman–Crippen LogP) is 9.09. The summed E-state index contributed by atoms with van der Waals surface area (Å²) < 4.78 is 0. The fourth-order valence-electron chi connectivity index (χ4n) is 6.49. The van der Waals surface area contributed by atoms with E-state index in [0.717, 1.165) is 0 Å². The van der Waals surface area contributed by atoms with Crippen molar-refractivity contribution in [2.45, 2.75) is 19.3 Å². The van der Waals surface area contributed by atoms with Gasteiger partial charge in [-0.1, -0.05) is 80.6 Å². The molecule has 1 N–H and O–H groups in total. The molecular weight excluding hydrogens is 410 g/mol. The molecule has 0 spiro atoms. The molecule has 1 heteroatoms. The van der Waals surface area contributed by atoms with E-state index >= 15 is 0 Å². The van der Waals surface area contributed by atoms with E-state index in [1.165, 1.54) is 76.4 Å². The molecule has 1 aromatic heterocycles. The highest BCUT2D eigenvalue weighted by Gasteiger charge is 2.35. The van der Waals surface area contributed by atoms with E-state index in [0.29, 0.717) is 0 Å². The highest BCUT2D eigenvalue weighted by atomic mass is 14.7. The minimum absolute atomic E-state index is 0.0106. The van der Waals surface area contributed by atoms with Crippen molar-refractivity contribution < 1.29 is 0 Å². The standard InChI is InChI=1S/C33H23N/c1-33(2)29-13-7-5-11-21(29)27-15-23-19-9-3-4-10-20(19)24-16-28-22-12-6-8-14-31(22)34-32(28)18-26(24)25(23)17-30(27)33/h3-18,34H,1-2H3. The zero-order chi connectivity index (χ0) is 22.6. The van der Waals surface area contributed by atoms with Crippen molar-refractivity contribution in [3.05, 3.63) is 108 Å². The lowest BCUT2D eigenvalue weighted by Crippen LogP contribution is -2.14. The highest BCUT2D eigenvalue weighted by Crippen LogP contribution is 2.51. The number of rotatable bonds is 0. The smallest absolute Gasteiger partial charge is 0.0471 e. The van der Waals surface area contributed by atoms with E-state index in [9.17, 15) is 0 Å². The van der Waals surface area contributed by atoms with E-state index < -0.39 is 0 Å². The first-order valence-corrected chi connectivity index (χ1v) is 12.0. The quantitative estimate of drug-likeness (QED) is 0.230. The largest absolute Gasteiger partial charge is 0.354 e. The van der Waals surface area contributed by atoms with Crippen LogP contribution in [-0.4, -0.2) is 4.98 Å². The summed E-state index contributed by atoms with van der Waals surface area (Å²) in [4.78, 5) is 3.67. The van der Waals surface area contributed by atoms with Crippen LogP contribution in [0.4, 0.5) is 0 Å². The van der Waals surface area contributed by atoms with E-state index in [1.807, 2.05) is 0 Å². The number of aromatic amines is 1. The van der Waals surface area contributed by atoms with Gasteiger partial charge in [0.2, 0.25) is 0 Å². The minimum atomic E-state index is -0.0106. The second kappa shape index (κ2) is 6.07. The monoisotopic (exact) mass is 433 g/mol. The molecule has 1 aliphatic carbocycles. The lowest BCUT2D eigenvalue weighted by atomic mass is 9.81. The molecule has 0 saturated heterocycles. The summed E-state index contributed by atoms with van der Waals surface area (Å²) in [7, 11) is 0. The first-order valence-electron chi connectivity index (χ1n) is 12.0. The molecule has 6 aromatic carbocycles. The molecule has 0 unspecified atom stereocenters. The van der Waals surface area contributed by atoms with Gasteiger partial charge in [-0.15, -0.1) is 0 Å². The van der Waals surface area contributed by atoms with Crippen LogP contribution in [-0.2, 0) is 5.41 Å². The topological polar surface area (TPSA) is 15.8 Å². The van der Waals surface area contributed by atoms with Gasteiger partial charge in [-0.05, 0) is 84.9 Å². The summed E-state index contributed by atoms with van der Waals surface area (Å²) >= 11 is 0. The van der Waals surface area contributed by atoms with Crippen LogP contribution < -0.4 is 0 Å². The molecule has 34 heavy (non-hydrogen) atoms. The van der Waals surface area contributed by atoms with E-state index in [4.69, 9.17) is 0 Å². The second-order valence-electron chi connectivity index (χ2n) is 10.3. The van der Waals surface area contributed by atoms with Crippen LogP contribution in [0, 0.1) is 0 Å². The van der Waals surface area contributed by atoms with Gasteiger partial charge in [-0.3, -0.25) is 0 Å². The lowest BCUT2D eigenvalue weighted by Gasteiger charge is -2.22. The van der Waals surface area contributed by atoms with Crippen molar-refractivity contribution in [2.75, 3.05) is 0 Å². The molecule has 7 aromatic rings. The van der Waals surface area contributed by atoms with Crippen LogP contribution in [0.1, 0.15) is 25.0 Å². The highest BCUT2D eigenvalue weighted by molar-refractivity contribution is 6.29. The maximum atomic E-state index is 3.67. The van der Waals surface area contributed by atoms with Crippen molar-refractivity contribution >= 4 is 54.1 Å². The van der Waals surface area contributed by atoms with Crippen LogP contribution in [0.2, 0.25) is 0 Å². The zero-order valence-electron chi connectivity index (χ0n) is 19.2. The molecule has 1 heterocycles. The number of hydrogen-bond acceptors (Lipinski definition) is 0. The van der Waals surface area contributed by atoms with Crippen LogP contribution >= 0.6 is 0 Å². The Bertz CT molecular complexity index is 1980. The molecule has 8 rings (SSSR count). The molecule has 0 radical (unpaired) electrons. The Morgan fingerprint density at radius 3 is 1.88 bits per heavy atom. The molecular formula is C33H23N. The third-order valence-electron chi connectivity index (χ3n) is 8.16. The maximum absolute atomic E-state index is 3.67. The number of H-pyrrole nitrogens is 1. The van der Waals surface area contributed by atoms with Gasteiger partial charge in [0.15, 0.2) is 0 Å². The number of aromatic nitrogens is 1. The van der Waals surface area contributed by atoms with Crippen molar-refractivity contribution in [3.63, 3.8) is 0 Å². The number of fused-ring (bicyclic) bond motifs is 12. The minimum Gasteiger partial charge on any atom is -0.354 e. The van der Waals surface area contributed by atoms with Gasteiger partial charge in [0.1, 0.15) is 0 Å². The fraction of sp³-hybridized carbons (Fsp3) is 0.0909. The zero-order valence-corrected chi connectivity index (χ0v) is 19.2. The van der Waals surface area contributed by atoms with E-state index in [2.05, 4.69) is 116 Å². The normalized spacial score (nSPS) is 14.4. The van der Waals surface area contributed by atoms with Gasteiger partial charge in [0.25, 0.3) is 0 Å². The van der Waals surface area contributed by atoms with E-state index in [-0.39, 0.29) is 5.41 Å². The van der Waals surface area contributed by atoms with Crippen molar-refractivity contribution in [3.8, 4) is 11.1 Å². The summed E-state index contributed by atoms with van der Waals surface area (Å²) in [6.45, 7) is 4.73. The van der Waals surface area contributed by atoms with Gasteiger partial charge in [-0.2, -0.15) is 0 Å². The summed E-state index contributed by atoms with van der Waals surface area (Å²) in [5.41, 5.74) is 7.99. The third kappa shape index (κ3) is 2.15. The molecule has 0 bridgehead atoms. The molecule has 0 aliphatic heterocycles. The SMILES string of the molecule is CC1(C)c2ccccc2-c2cc3c4ccccc4c4cc5c(cc4c3cc21)[nH]c1ccccc15. The van der Waals surface area contributed by atoms with Crippen molar-refractivity contribution in [2.24, 2.45) is 0 Å². The van der Waals surface area contributed by atoms with Gasteiger partial charge in [-0.25, -0.2) is 0 Å². The third-order valence-corrected chi connectivity index (χ3v) is 8.16. The maximum Gasteiger partial charge on any atom is 0.0471 e. The molecule has 160 valence electrons. The Morgan fingerprint density at radius 1 is 0.441 bits per heavy atom. The van der Waals surface area contributed by atoms with Crippen molar-refractivity contribution in [1.82, 2.24) is 4.98 Å². The van der Waals surface area contributed by atoms with Gasteiger partial charge >= 0.3 is 0 Å². The molecule has 1 aliphatic rings. The Kier molecular flexibility index (Phi) is 3.27. The van der Waals surface area contributed by atoms with Crippen LogP contribution in [0.25, 0.3) is 65.3 Å². The second-order valence-corrected chi connectivity index (χ2v) is 10.3.